The van der Waals surface area contributed by atoms with E-state index >= 15 is 0 Å². The number of thioether (sulfide) groups is 1. The maximum atomic E-state index is 11.6. The molecule has 0 spiro atoms. The monoisotopic (exact) mass is 365 g/mol. The van der Waals surface area contributed by atoms with Gasteiger partial charge in [-0.3, -0.25) is 4.79 Å². The van der Waals surface area contributed by atoms with E-state index in [0.29, 0.717) is 12.8 Å². The molecular formula is C20H19N3O2S. The largest absolute Gasteiger partial charge is 0.396 e. The fourth-order valence-corrected chi connectivity index (χ4v) is 4.03. The van der Waals surface area contributed by atoms with Gasteiger partial charge in [0.25, 0.3) is 0 Å². The molecule has 3 aromatic rings. The highest BCUT2D eigenvalue weighted by atomic mass is 32.2. The molecule has 5 nitrogen and oxygen atoms in total. The summed E-state index contributed by atoms with van der Waals surface area (Å²) in [7, 11) is 0. The second-order valence-corrected chi connectivity index (χ2v) is 7.52. The molecule has 2 aromatic heterocycles. The molecule has 0 fully saturated rings. The number of rotatable bonds is 5. The Bertz CT molecular complexity index is 950. The van der Waals surface area contributed by atoms with E-state index in [1.165, 1.54) is 11.8 Å². The van der Waals surface area contributed by atoms with Crippen LogP contribution in [0.2, 0.25) is 0 Å². The zero-order valence-corrected chi connectivity index (χ0v) is 15.2. The molecule has 0 bridgehead atoms. The van der Waals surface area contributed by atoms with Crippen LogP contribution >= 0.6 is 11.8 Å². The van der Waals surface area contributed by atoms with Gasteiger partial charge >= 0.3 is 0 Å². The number of aliphatic hydroxyl groups is 1. The Kier molecular flexibility index (Phi) is 4.61. The molecule has 0 unspecified atom stereocenters. The number of hydrogen-bond donors (Lipinski definition) is 1. The van der Waals surface area contributed by atoms with Crippen LogP contribution in [0.1, 0.15) is 35.2 Å². The first-order valence-corrected chi connectivity index (χ1v) is 9.41. The van der Waals surface area contributed by atoms with Crippen LogP contribution in [0.4, 0.5) is 0 Å². The molecule has 26 heavy (non-hydrogen) atoms. The smallest absolute Gasteiger partial charge is 0.198 e. The van der Waals surface area contributed by atoms with E-state index in [9.17, 15) is 4.79 Å². The summed E-state index contributed by atoms with van der Waals surface area (Å²) >= 11 is 1.33. The van der Waals surface area contributed by atoms with Crippen LogP contribution in [0.15, 0.2) is 53.7 Å². The van der Waals surface area contributed by atoms with Gasteiger partial charge in [0.1, 0.15) is 0 Å². The summed E-state index contributed by atoms with van der Waals surface area (Å²) in [6.07, 6.45) is 4.81. The highest BCUT2D eigenvalue weighted by Gasteiger charge is 2.21. The number of hydrogen-bond acceptors (Lipinski definition) is 5. The number of fused-ring (bicyclic) bond motifs is 1. The van der Waals surface area contributed by atoms with Crippen LogP contribution in [0.25, 0.3) is 5.82 Å². The Labute approximate surface area is 156 Å². The molecule has 4 rings (SSSR count). The first-order valence-electron chi connectivity index (χ1n) is 8.59. The van der Waals surface area contributed by atoms with Crippen molar-refractivity contribution in [3.63, 3.8) is 0 Å². The molecule has 1 aliphatic rings. The van der Waals surface area contributed by atoms with Crippen molar-refractivity contribution in [2.45, 2.75) is 30.6 Å². The minimum atomic E-state index is 0.120. The van der Waals surface area contributed by atoms with E-state index in [1.807, 2.05) is 24.4 Å². The van der Waals surface area contributed by atoms with Crippen LogP contribution in [-0.2, 0) is 17.6 Å². The lowest BCUT2D eigenvalue weighted by Crippen LogP contribution is -2.03. The molecule has 6 heteroatoms. The van der Waals surface area contributed by atoms with E-state index < -0.39 is 0 Å². The molecule has 132 valence electrons. The van der Waals surface area contributed by atoms with Gasteiger partial charge in [-0.05, 0) is 41.3 Å². The molecule has 1 aliphatic heterocycles. The van der Waals surface area contributed by atoms with Crippen LogP contribution in [0.3, 0.4) is 0 Å². The third-order valence-corrected chi connectivity index (χ3v) is 5.62. The summed E-state index contributed by atoms with van der Waals surface area (Å²) in [4.78, 5) is 17.1. The first kappa shape index (κ1) is 17.0. The van der Waals surface area contributed by atoms with E-state index in [2.05, 4.69) is 35.2 Å². The number of carbonyl (C=O) groups is 1. The van der Waals surface area contributed by atoms with E-state index in [-0.39, 0.29) is 17.6 Å². The maximum absolute atomic E-state index is 11.6. The zero-order valence-electron chi connectivity index (χ0n) is 14.4. The van der Waals surface area contributed by atoms with Gasteiger partial charge in [0, 0.05) is 36.2 Å². The average Bonchev–Trinajstić information content (AvgIpc) is 3.27. The maximum Gasteiger partial charge on any atom is 0.198 e. The Morgan fingerprint density at radius 3 is 2.92 bits per heavy atom. The number of nitrogens with zero attached hydrogens (tertiary/aromatic N) is 3. The molecule has 1 atom stereocenters. The number of pyridine rings is 1. The molecule has 0 radical (unpaired) electrons. The van der Waals surface area contributed by atoms with Gasteiger partial charge in [-0.25, -0.2) is 9.67 Å². The average molecular weight is 365 g/mol. The van der Waals surface area contributed by atoms with E-state index in [1.54, 1.807) is 10.9 Å². The standard InChI is InChI=1S/C20H19N3O2S/c1-13(15-3-4-16-11-20(25)26-18(16)10-15)17-6-8-23(22-17)19-5-2-14(7-9-24)12-21-19/h2-6,8,10,12-13,24H,7,9,11H2,1H3/t13-/m0/s1. The summed E-state index contributed by atoms with van der Waals surface area (Å²) in [5, 5.41) is 13.9. The second kappa shape index (κ2) is 7.05. The van der Waals surface area contributed by atoms with Crippen molar-refractivity contribution in [1.82, 2.24) is 14.8 Å². The molecule has 0 amide bonds. The minimum Gasteiger partial charge on any atom is -0.396 e. The van der Waals surface area contributed by atoms with Crippen LogP contribution in [0, 0.1) is 0 Å². The van der Waals surface area contributed by atoms with Gasteiger partial charge in [0.15, 0.2) is 10.9 Å². The lowest BCUT2D eigenvalue weighted by molar-refractivity contribution is -0.110. The fraction of sp³-hybridized carbons (Fsp3) is 0.250. The summed E-state index contributed by atoms with van der Waals surface area (Å²) < 4.78 is 1.76. The highest BCUT2D eigenvalue weighted by Crippen LogP contribution is 2.35. The van der Waals surface area contributed by atoms with Crippen molar-refractivity contribution >= 4 is 16.9 Å². The second-order valence-electron chi connectivity index (χ2n) is 6.42. The molecule has 0 aliphatic carbocycles. The van der Waals surface area contributed by atoms with Crippen molar-refractivity contribution in [3.05, 3.63) is 71.2 Å². The van der Waals surface area contributed by atoms with Gasteiger partial charge in [-0.15, -0.1) is 0 Å². The van der Waals surface area contributed by atoms with Gasteiger partial charge in [0.2, 0.25) is 0 Å². The molecule has 1 N–H and O–H groups in total. The fourth-order valence-electron chi connectivity index (χ4n) is 3.09. The quantitative estimate of drug-likeness (QED) is 0.752. The third kappa shape index (κ3) is 3.30. The first-order chi connectivity index (χ1) is 12.6. The molecule has 0 saturated carbocycles. The highest BCUT2D eigenvalue weighted by molar-refractivity contribution is 8.14. The molecular weight excluding hydrogens is 346 g/mol. The lowest BCUT2D eigenvalue weighted by atomic mass is 9.96. The van der Waals surface area contributed by atoms with E-state index in [4.69, 9.17) is 5.11 Å². The number of carbonyl (C=O) groups excluding carboxylic acids is 1. The van der Waals surface area contributed by atoms with Crippen molar-refractivity contribution < 1.29 is 9.90 Å². The predicted octanol–water partition coefficient (Wildman–Crippen LogP) is 3.13. The number of aromatic nitrogens is 3. The van der Waals surface area contributed by atoms with Gasteiger partial charge in [-0.1, -0.05) is 36.9 Å². The van der Waals surface area contributed by atoms with Crippen LogP contribution in [-0.4, -0.2) is 31.6 Å². The summed E-state index contributed by atoms with van der Waals surface area (Å²) in [5.74, 6) is 0.881. The number of benzene rings is 1. The van der Waals surface area contributed by atoms with E-state index in [0.717, 1.165) is 33.1 Å². The summed E-state index contributed by atoms with van der Waals surface area (Å²) in [5.41, 5.74) is 4.23. The summed E-state index contributed by atoms with van der Waals surface area (Å²) in [6.45, 7) is 2.24. The Balaban J connectivity index is 1.56. The van der Waals surface area contributed by atoms with Gasteiger partial charge in [-0.2, -0.15) is 5.10 Å². The Morgan fingerprint density at radius 2 is 2.15 bits per heavy atom. The zero-order chi connectivity index (χ0) is 18.1. The lowest BCUT2D eigenvalue weighted by Gasteiger charge is -2.10. The molecule has 3 heterocycles. The van der Waals surface area contributed by atoms with Crippen molar-refractivity contribution in [2.75, 3.05) is 6.61 Å². The van der Waals surface area contributed by atoms with Crippen LogP contribution in [0.5, 0.6) is 0 Å². The predicted molar refractivity (Wildman–Crippen MR) is 101 cm³/mol. The van der Waals surface area contributed by atoms with Crippen molar-refractivity contribution in [1.29, 1.82) is 0 Å². The Hall–Kier alpha value is -2.44. The molecule has 1 aromatic carbocycles. The SMILES string of the molecule is C[C@@H](c1ccc2c(c1)SC(=O)C2)c1ccn(-c2ccc(CCO)cn2)n1. The van der Waals surface area contributed by atoms with Crippen LogP contribution < -0.4 is 0 Å². The third-order valence-electron chi connectivity index (χ3n) is 4.65. The topological polar surface area (TPSA) is 68.0 Å². The van der Waals surface area contributed by atoms with Crippen molar-refractivity contribution in [2.24, 2.45) is 0 Å². The normalized spacial score (nSPS) is 14.5. The molecule has 0 saturated heterocycles. The summed E-state index contributed by atoms with van der Waals surface area (Å²) in [6, 6.07) is 12.1. The minimum absolute atomic E-state index is 0.120. The number of aliphatic hydroxyl groups excluding tert-OH is 1. The van der Waals surface area contributed by atoms with Crippen molar-refractivity contribution in [3.8, 4) is 5.82 Å². The van der Waals surface area contributed by atoms with Gasteiger partial charge in [0.05, 0.1) is 5.69 Å². The Morgan fingerprint density at radius 1 is 1.27 bits per heavy atom. The van der Waals surface area contributed by atoms with Gasteiger partial charge < -0.3 is 5.11 Å².